The van der Waals surface area contributed by atoms with E-state index in [4.69, 9.17) is 16.9 Å². The predicted molar refractivity (Wildman–Crippen MR) is 85.4 cm³/mol. The summed E-state index contributed by atoms with van der Waals surface area (Å²) < 4.78 is 0. The van der Waals surface area contributed by atoms with E-state index in [1.165, 1.54) is 0 Å². The molecule has 1 aromatic carbocycles. The van der Waals surface area contributed by atoms with E-state index in [1.54, 1.807) is 23.5 Å². The van der Waals surface area contributed by atoms with E-state index in [9.17, 15) is 0 Å². The number of nitrogens with one attached hydrogen (secondary N) is 2. The fourth-order valence-electron chi connectivity index (χ4n) is 1.99. The summed E-state index contributed by atoms with van der Waals surface area (Å²) in [5.41, 5.74) is 3.46. The van der Waals surface area contributed by atoms with Crippen molar-refractivity contribution in [3.63, 3.8) is 0 Å². The van der Waals surface area contributed by atoms with Crippen molar-refractivity contribution in [2.24, 2.45) is 0 Å². The third-order valence-corrected chi connectivity index (χ3v) is 4.26. The van der Waals surface area contributed by atoms with Crippen LogP contribution in [0.3, 0.4) is 0 Å². The van der Waals surface area contributed by atoms with Gasteiger partial charge in [0.15, 0.2) is 0 Å². The average Bonchev–Trinajstić information content (AvgIpc) is 3.16. The molecular weight excluding hydrogens is 304 g/mol. The second kappa shape index (κ2) is 6.00. The summed E-state index contributed by atoms with van der Waals surface area (Å²) in [5.74, 6) is 0. The van der Waals surface area contributed by atoms with E-state index in [1.807, 2.05) is 29.8 Å². The fourth-order valence-corrected chi connectivity index (χ4v) is 2.97. The van der Waals surface area contributed by atoms with Crippen molar-refractivity contribution >= 4 is 28.6 Å². The molecule has 0 saturated heterocycles. The number of nitriles is 1. The van der Waals surface area contributed by atoms with Gasteiger partial charge in [-0.2, -0.15) is 10.4 Å². The standard InChI is InChI=1S/C15H11ClN4S/c16-13-6-12(4-3-10(13)7-17)18-8-11-9-19-20-15(11)14-2-1-5-21-14/h1-6,9,18H,8H2,(H,19,20). The van der Waals surface area contributed by atoms with Gasteiger partial charge in [-0.05, 0) is 29.6 Å². The van der Waals surface area contributed by atoms with Gasteiger partial charge in [0, 0.05) is 17.8 Å². The van der Waals surface area contributed by atoms with Crippen LogP contribution in [0, 0.1) is 11.3 Å². The first kappa shape index (κ1) is 13.7. The largest absolute Gasteiger partial charge is 0.381 e. The van der Waals surface area contributed by atoms with Gasteiger partial charge in [0.25, 0.3) is 0 Å². The van der Waals surface area contributed by atoms with E-state index in [2.05, 4.69) is 21.6 Å². The number of aromatic nitrogens is 2. The molecule has 0 unspecified atom stereocenters. The molecule has 0 spiro atoms. The van der Waals surface area contributed by atoms with Crippen molar-refractivity contribution in [1.29, 1.82) is 5.26 Å². The number of anilines is 1. The first-order valence-electron chi connectivity index (χ1n) is 6.27. The Balaban J connectivity index is 1.76. The summed E-state index contributed by atoms with van der Waals surface area (Å²) in [7, 11) is 0. The van der Waals surface area contributed by atoms with Crippen LogP contribution < -0.4 is 5.32 Å². The molecule has 21 heavy (non-hydrogen) atoms. The Hall–Kier alpha value is -2.29. The minimum Gasteiger partial charge on any atom is -0.381 e. The fraction of sp³-hybridized carbons (Fsp3) is 0.0667. The molecule has 0 atom stereocenters. The molecular formula is C15H11ClN4S. The third-order valence-electron chi connectivity index (χ3n) is 3.06. The Morgan fingerprint density at radius 2 is 2.29 bits per heavy atom. The second-order valence-corrected chi connectivity index (χ2v) is 5.76. The van der Waals surface area contributed by atoms with Crippen molar-refractivity contribution < 1.29 is 0 Å². The highest BCUT2D eigenvalue weighted by atomic mass is 35.5. The van der Waals surface area contributed by atoms with Gasteiger partial charge in [0.05, 0.1) is 27.4 Å². The van der Waals surface area contributed by atoms with Gasteiger partial charge in [0.1, 0.15) is 6.07 Å². The highest BCUT2D eigenvalue weighted by Gasteiger charge is 2.08. The number of hydrogen-bond donors (Lipinski definition) is 2. The first-order chi connectivity index (χ1) is 10.3. The van der Waals surface area contributed by atoms with Gasteiger partial charge in [-0.25, -0.2) is 0 Å². The van der Waals surface area contributed by atoms with Gasteiger partial charge in [0.2, 0.25) is 0 Å². The summed E-state index contributed by atoms with van der Waals surface area (Å²) >= 11 is 7.69. The maximum atomic E-state index is 8.87. The number of thiophene rings is 1. The molecule has 0 aliphatic carbocycles. The van der Waals surface area contributed by atoms with Crippen LogP contribution in [0.2, 0.25) is 5.02 Å². The second-order valence-electron chi connectivity index (χ2n) is 4.41. The van der Waals surface area contributed by atoms with Crippen LogP contribution in [0.25, 0.3) is 10.6 Å². The predicted octanol–water partition coefficient (Wildman–Crippen LogP) is 4.28. The molecule has 6 heteroatoms. The summed E-state index contributed by atoms with van der Waals surface area (Å²) in [4.78, 5) is 1.15. The summed E-state index contributed by atoms with van der Waals surface area (Å²) in [5, 5.41) is 21.8. The SMILES string of the molecule is N#Cc1ccc(NCc2cn[nH]c2-c2cccs2)cc1Cl. The highest BCUT2D eigenvalue weighted by molar-refractivity contribution is 7.13. The topological polar surface area (TPSA) is 64.5 Å². The van der Waals surface area contributed by atoms with Gasteiger partial charge in [-0.15, -0.1) is 11.3 Å². The van der Waals surface area contributed by atoms with Crippen LogP contribution in [-0.2, 0) is 6.54 Å². The Labute approximate surface area is 131 Å². The molecule has 0 radical (unpaired) electrons. The van der Waals surface area contributed by atoms with Crippen molar-refractivity contribution in [2.75, 3.05) is 5.32 Å². The van der Waals surface area contributed by atoms with Gasteiger partial charge >= 0.3 is 0 Å². The Bertz CT molecular complexity index is 786. The Morgan fingerprint density at radius 3 is 3.00 bits per heavy atom. The molecule has 2 heterocycles. The van der Waals surface area contributed by atoms with Crippen molar-refractivity contribution in [1.82, 2.24) is 10.2 Å². The van der Waals surface area contributed by atoms with Crippen LogP contribution >= 0.6 is 22.9 Å². The van der Waals surface area contributed by atoms with Gasteiger partial charge in [-0.3, -0.25) is 5.10 Å². The summed E-state index contributed by atoms with van der Waals surface area (Å²) in [6.07, 6.45) is 1.81. The van der Waals surface area contributed by atoms with Crippen LogP contribution in [0.1, 0.15) is 11.1 Å². The zero-order chi connectivity index (χ0) is 14.7. The smallest absolute Gasteiger partial charge is 0.101 e. The van der Waals surface area contributed by atoms with Crippen molar-refractivity contribution in [2.45, 2.75) is 6.54 Å². The molecule has 0 saturated carbocycles. The molecule has 0 aliphatic rings. The molecule has 0 fully saturated rings. The minimum atomic E-state index is 0.452. The third kappa shape index (κ3) is 2.92. The van der Waals surface area contributed by atoms with E-state index in [-0.39, 0.29) is 0 Å². The van der Waals surface area contributed by atoms with E-state index < -0.39 is 0 Å². The summed E-state index contributed by atoms with van der Waals surface area (Å²) in [6, 6.07) is 11.4. The van der Waals surface area contributed by atoms with E-state index >= 15 is 0 Å². The monoisotopic (exact) mass is 314 g/mol. The molecule has 3 rings (SSSR count). The Kier molecular flexibility index (Phi) is 3.91. The minimum absolute atomic E-state index is 0.452. The number of hydrogen-bond acceptors (Lipinski definition) is 4. The molecule has 0 amide bonds. The van der Waals surface area contributed by atoms with E-state index in [0.29, 0.717) is 17.1 Å². The highest BCUT2D eigenvalue weighted by Crippen LogP contribution is 2.27. The van der Waals surface area contributed by atoms with Crippen LogP contribution in [0.4, 0.5) is 5.69 Å². The summed E-state index contributed by atoms with van der Waals surface area (Å²) in [6.45, 7) is 0.631. The number of rotatable bonds is 4. The number of nitrogens with zero attached hydrogens (tertiary/aromatic N) is 2. The maximum absolute atomic E-state index is 8.87. The van der Waals surface area contributed by atoms with Crippen molar-refractivity contribution in [3.8, 4) is 16.6 Å². The van der Waals surface area contributed by atoms with E-state index in [0.717, 1.165) is 21.8 Å². The molecule has 3 aromatic rings. The molecule has 2 N–H and O–H groups in total. The molecule has 4 nitrogen and oxygen atoms in total. The molecule has 2 aromatic heterocycles. The van der Waals surface area contributed by atoms with Gasteiger partial charge in [-0.1, -0.05) is 17.7 Å². The van der Waals surface area contributed by atoms with Crippen molar-refractivity contribution in [3.05, 3.63) is 58.1 Å². The number of halogens is 1. The molecule has 104 valence electrons. The number of aromatic amines is 1. The molecule has 0 bridgehead atoms. The lowest BCUT2D eigenvalue weighted by molar-refractivity contribution is 1.10. The zero-order valence-corrected chi connectivity index (χ0v) is 12.5. The normalized spacial score (nSPS) is 10.3. The quantitative estimate of drug-likeness (QED) is 0.755. The average molecular weight is 315 g/mol. The van der Waals surface area contributed by atoms with Gasteiger partial charge < -0.3 is 5.32 Å². The lowest BCUT2D eigenvalue weighted by Crippen LogP contribution is -1.99. The molecule has 0 aliphatic heterocycles. The van der Waals surface area contributed by atoms with Crippen LogP contribution in [0.15, 0.2) is 41.9 Å². The lowest BCUT2D eigenvalue weighted by atomic mass is 10.2. The van der Waals surface area contributed by atoms with Crippen LogP contribution in [0.5, 0.6) is 0 Å². The first-order valence-corrected chi connectivity index (χ1v) is 7.53. The lowest BCUT2D eigenvalue weighted by Gasteiger charge is -2.07. The number of H-pyrrole nitrogens is 1. The Morgan fingerprint density at radius 1 is 1.38 bits per heavy atom. The van der Waals surface area contributed by atoms with Crippen LogP contribution in [-0.4, -0.2) is 10.2 Å². The number of benzene rings is 1. The zero-order valence-electron chi connectivity index (χ0n) is 10.9. The maximum Gasteiger partial charge on any atom is 0.101 e.